The molecule has 1 atom stereocenters. The number of nitrogens with zero attached hydrogens (tertiary/aromatic N) is 4. The lowest BCUT2D eigenvalue weighted by Crippen LogP contribution is -2.47. The van der Waals surface area contributed by atoms with Crippen LogP contribution in [0.1, 0.15) is 73.0 Å². The Morgan fingerprint density at radius 2 is 1.93 bits per heavy atom. The van der Waals surface area contributed by atoms with Crippen molar-refractivity contribution in [1.82, 2.24) is 14.8 Å². The average molecular weight is 598 g/mol. The molecule has 2 aromatic rings. The van der Waals surface area contributed by atoms with Crippen molar-refractivity contribution < 1.29 is 27.5 Å². The summed E-state index contributed by atoms with van der Waals surface area (Å²) >= 11 is 0. The number of alkyl halides is 2. The molecule has 5 rings (SSSR count). The Morgan fingerprint density at radius 1 is 1.19 bits per heavy atom. The highest BCUT2D eigenvalue weighted by Gasteiger charge is 2.35. The fraction of sp³-hybridized carbons (Fsp3) is 0.469. The fourth-order valence-electron chi connectivity index (χ4n) is 6.25. The second-order valence-electron chi connectivity index (χ2n) is 11.8. The fourth-order valence-corrected chi connectivity index (χ4v) is 6.25. The number of fused-ring (bicyclic) bond motifs is 1. The van der Waals surface area contributed by atoms with Crippen LogP contribution >= 0.6 is 0 Å². The van der Waals surface area contributed by atoms with E-state index in [-0.39, 0.29) is 17.7 Å². The van der Waals surface area contributed by atoms with Crippen molar-refractivity contribution in [2.45, 2.75) is 63.3 Å². The van der Waals surface area contributed by atoms with Crippen molar-refractivity contribution in [3.63, 3.8) is 0 Å². The van der Waals surface area contributed by atoms with E-state index in [1.807, 2.05) is 35.0 Å². The standard InChI is InChI=1S/C32H38F3N5O3/c1-5-28(41)40-14-7-10-21-24(13-15-38(3)26(21)18-40)39(4)25-12-11-20(19-8-6-9-19)16-27(25)43-31(42)22-17-23(33)29(32(2,34)35)37-30(22)36/h5,11-12,16-17,19,26H,1,6-10,13-15,18H2,2-4H3,(H2,36,37). The molecule has 2 fully saturated rings. The van der Waals surface area contributed by atoms with E-state index in [9.17, 15) is 22.8 Å². The largest absolute Gasteiger partial charge is 0.421 e. The molecule has 2 N–H and O–H groups in total. The minimum Gasteiger partial charge on any atom is -0.421 e. The van der Waals surface area contributed by atoms with Gasteiger partial charge in [0, 0.05) is 45.7 Å². The first-order valence-electron chi connectivity index (χ1n) is 14.7. The number of halogens is 3. The van der Waals surface area contributed by atoms with Gasteiger partial charge in [-0.1, -0.05) is 19.1 Å². The summed E-state index contributed by atoms with van der Waals surface area (Å²) in [7, 11) is 3.98. The number of nitrogens with two attached hydrogens (primary N) is 1. The van der Waals surface area contributed by atoms with Gasteiger partial charge in [0.05, 0.1) is 11.7 Å². The summed E-state index contributed by atoms with van der Waals surface area (Å²) in [5.41, 5.74) is 8.26. The number of likely N-dealkylation sites (N-methyl/N-ethyl adjacent to an activating group) is 1. The molecule has 1 saturated heterocycles. The Labute approximate surface area is 250 Å². The van der Waals surface area contributed by atoms with Crippen LogP contribution < -0.4 is 15.4 Å². The topological polar surface area (TPSA) is 92.0 Å². The molecule has 3 heterocycles. The van der Waals surface area contributed by atoms with Gasteiger partial charge in [0.2, 0.25) is 5.91 Å². The van der Waals surface area contributed by atoms with Gasteiger partial charge in [-0.25, -0.2) is 14.2 Å². The SMILES string of the molecule is C=CC(=O)N1CCCC2=C(N(C)c3ccc(C4CCC4)cc3OC(=O)c3cc(F)c(C(C)(F)F)nc3N)CCN(C)C2C1. The van der Waals surface area contributed by atoms with E-state index in [0.29, 0.717) is 37.7 Å². The lowest BCUT2D eigenvalue weighted by atomic mass is 9.80. The number of likely N-dealkylation sites (tertiary alicyclic amines) is 1. The molecule has 1 unspecified atom stereocenters. The Morgan fingerprint density at radius 3 is 2.58 bits per heavy atom. The van der Waals surface area contributed by atoms with E-state index in [4.69, 9.17) is 10.5 Å². The zero-order valence-corrected chi connectivity index (χ0v) is 24.8. The number of hydrogen-bond donors (Lipinski definition) is 1. The van der Waals surface area contributed by atoms with Crippen molar-refractivity contribution >= 4 is 23.4 Å². The zero-order valence-electron chi connectivity index (χ0n) is 24.8. The number of amides is 1. The summed E-state index contributed by atoms with van der Waals surface area (Å²) in [6.07, 6.45) is 6.89. The summed E-state index contributed by atoms with van der Waals surface area (Å²) in [6, 6.07) is 6.48. The van der Waals surface area contributed by atoms with Crippen LogP contribution in [0.4, 0.5) is 24.7 Å². The van der Waals surface area contributed by atoms with Crippen LogP contribution in [0.5, 0.6) is 5.75 Å². The van der Waals surface area contributed by atoms with E-state index in [1.54, 1.807) is 0 Å². The van der Waals surface area contributed by atoms with Crippen molar-refractivity contribution in [3.8, 4) is 5.75 Å². The Hall–Kier alpha value is -3.86. The summed E-state index contributed by atoms with van der Waals surface area (Å²) < 4.78 is 48.0. The molecule has 0 bridgehead atoms. The smallest absolute Gasteiger partial charge is 0.347 e. The molecule has 8 nitrogen and oxygen atoms in total. The normalized spacial score (nSPS) is 19.8. The van der Waals surface area contributed by atoms with Crippen LogP contribution in [-0.4, -0.2) is 66.4 Å². The van der Waals surface area contributed by atoms with Gasteiger partial charge in [-0.05, 0) is 74.1 Å². The monoisotopic (exact) mass is 597 g/mol. The number of carbonyl (C=O) groups excluding carboxylic acids is 2. The van der Waals surface area contributed by atoms with E-state index < -0.39 is 34.8 Å². The van der Waals surface area contributed by atoms with Gasteiger partial charge in [0.25, 0.3) is 5.92 Å². The van der Waals surface area contributed by atoms with Crippen LogP contribution in [-0.2, 0) is 10.7 Å². The third-order valence-corrected chi connectivity index (χ3v) is 8.93. The highest BCUT2D eigenvalue weighted by atomic mass is 19.3. The molecule has 1 saturated carbocycles. The Kier molecular flexibility index (Phi) is 8.56. The molecule has 1 aromatic carbocycles. The third-order valence-electron chi connectivity index (χ3n) is 8.93. The molecule has 11 heteroatoms. The number of ether oxygens (including phenoxy) is 1. The molecule has 0 spiro atoms. The van der Waals surface area contributed by atoms with Crippen LogP contribution in [0.25, 0.3) is 0 Å². The molecule has 3 aliphatic rings. The second kappa shape index (κ2) is 12.0. The molecule has 1 aliphatic carbocycles. The molecule has 0 radical (unpaired) electrons. The highest BCUT2D eigenvalue weighted by Crippen LogP contribution is 2.42. The average Bonchev–Trinajstić information content (AvgIpc) is 3.16. The van der Waals surface area contributed by atoms with Gasteiger partial charge < -0.3 is 20.3 Å². The lowest BCUT2D eigenvalue weighted by molar-refractivity contribution is -0.126. The van der Waals surface area contributed by atoms with Gasteiger partial charge in [0.15, 0.2) is 11.6 Å². The number of carbonyl (C=O) groups is 2. The van der Waals surface area contributed by atoms with Crippen molar-refractivity contribution in [1.29, 1.82) is 0 Å². The van der Waals surface area contributed by atoms with E-state index in [2.05, 4.69) is 23.5 Å². The first-order chi connectivity index (χ1) is 20.4. The van der Waals surface area contributed by atoms with Crippen molar-refractivity contribution in [2.75, 3.05) is 44.4 Å². The van der Waals surface area contributed by atoms with Gasteiger partial charge in [-0.15, -0.1) is 0 Å². The lowest BCUT2D eigenvalue weighted by Gasteiger charge is -2.40. The molecular formula is C32H38F3N5O3. The number of pyridine rings is 1. The van der Waals surface area contributed by atoms with Crippen molar-refractivity contribution in [3.05, 3.63) is 70.8 Å². The number of nitrogen functional groups attached to an aromatic ring is 1. The maximum absolute atomic E-state index is 14.6. The maximum Gasteiger partial charge on any atom is 0.347 e. The number of hydrogen-bond acceptors (Lipinski definition) is 7. The Bertz CT molecular complexity index is 1470. The molecule has 1 aromatic heterocycles. The van der Waals surface area contributed by atoms with Gasteiger partial charge in [-0.3, -0.25) is 9.69 Å². The van der Waals surface area contributed by atoms with Crippen LogP contribution in [0.15, 0.2) is 48.2 Å². The van der Waals surface area contributed by atoms with Crippen LogP contribution in [0, 0.1) is 5.82 Å². The summed E-state index contributed by atoms with van der Waals surface area (Å²) in [6.45, 7) is 6.13. The second-order valence-corrected chi connectivity index (χ2v) is 11.8. The minimum atomic E-state index is -3.57. The number of benzene rings is 1. The minimum absolute atomic E-state index is 0.0295. The highest BCUT2D eigenvalue weighted by molar-refractivity contribution is 5.96. The number of rotatable bonds is 7. The van der Waals surface area contributed by atoms with Crippen LogP contribution in [0.3, 0.4) is 0 Å². The van der Waals surface area contributed by atoms with Gasteiger partial charge >= 0.3 is 5.97 Å². The third kappa shape index (κ3) is 6.13. The van der Waals surface area contributed by atoms with E-state index in [1.165, 1.54) is 11.6 Å². The quantitative estimate of drug-likeness (QED) is 0.252. The first kappa shape index (κ1) is 30.6. The molecule has 43 heavy (non-hydrogen) atoms. The number of aromatic nitrogens is 1. The summed E-state index contributed by atoms with van der Waals surface area (Å²) in [5, 5.41) is 0. The predicted molar refractivity (Wildman–Crippen MR) is 159 cm³/mol. The zero-order chi connectivity index (χ0) is 31.1. The van der Waals surface area contributed by atoms with Crippen molar-refractivity contribution in [2.24, 2.45) is 0 Å². The molecule has 2 aliphatic heterocycles. The predicted octanol–water partition coefficient (Wildman–Crippen LogP) is 5.60. The van der Waals surface area contributed by atoms with E-state index in [0.717, 1.165) is 56.3 Å². The number of anilines is 2. The van der Waals surface area contributed by atoms with Crippen LogP contribution in [0.2, 0.25) is 0 Å². The number of esters is 1. The molecular weight excluding hydrogens is 559 g/mol. The first-order valence-corrected chi connectivity index (χ1v) is 14.7. The van der Waals surface area contributed by atoms with Gasteiger partial charge in [-0.2, -0.15) is 8.78 Å². The van der Waals surface area contributed by atoms with Gasteiger partial charge in [0.1, 0.15) is 17.1 Å². The summed E-state index contributed by atoms with van der Waals surface area (Å²) in [4.78, 5) is 35.4. The maximum atomic E-state index is 14.6. The van der Waals surface area contributed by atoms with E-state index >= 15 is 0 Å². The Balaban J connectivity index is 1.51. The molecule has 230 valence electrons. The summed E-state index contributed by atoms with van der Waals surface area (Å²) in [5.74, 6) is -5.90. The molecule has 1 amide bonds.